The lowest BCUT2D eigenvalue weighted by atomic mass is 10.1. The van der Waals surface area contributed by atoms with E-state index in [2.05, 4.69) is 51.2 Å². The van der Waals surface area contributed by atoms with Gasteiger partial charge >= 0.3 is 0 Å². The van der Waals surface area contributed by atoms with Crippen molar-refractivity contribution in [3.63, 3.8) is 0 Å². The first-order chi connectivity index (χ1) is 14.2. The van der Waals surface area contributed by atoms with Gasteiger partial charge < -0.3 is 4.48 Å². The van der Waals surface area contributed by atoms with Crippen LogP contribution in [0.2, 0.25) is 0 Å². The van der Waals surface area contributed by atoms with E-state index in [1.165, 1.54) is 132 Å². The lowest BCUT2D eigenvalue weighted by Crippen LogP contribution is -2.44. The first-order valence-corrected chi connectivity index (χ1v) is 13.1. The number of unbranched alkanes of at least 4 members (excludes halogenated alkanes) is 14. The summed E-state index contributed by atoms with van der Waals surface area (Å²) in [6.07, 6.45) is 22.7. The molecule has 1 rings (SSSR count). The predicted octanol–water partition coefficient (Wildman–Crippen LogP) is 8.91. The van der Waals surface area contributed by atoms with Crippen LogP contribution in [0, 0.1) is 0 Å². The van der Waals surface area contributed by atoms with E-state index in [1.807, 2.05) is 0 Å². The Morgan fingerprint density at radius 2 is 0.897 bits per heavy atom. The van der Waals surface area contributed by atoms with E-state index in [0.717, 1.165) is 0 Å². The molecule has 0 spiro atoms. The maximum Gasteiger partial charge on any atom is 0.104 e. The van der Waals surface area contributed by atoms with Gasteiger partial charge in [-0.1, -0.05) is 121 Å². The van der Waals surface area contributed by atoms with Crippen molar-refractivity contribution >= 4 is 0 Å². The van der Waals surface area contributed by atoms with Crippen molar-refractivity contribution in [2.24, 2.45) is 0 Å². The van der Waals surface area contributed by atoms with Crippen molar-refractivity contribution in [1.82, 2.24) is 0 Å². The number of hydrogen-bond donors (Lipinski definition) is 0. The third-order valence-electron chi connectivity index (χ3n) is 6.51. The molecule has 1 heteroatoms. The summed E-state index contributed by atoms with van der Waals surface area (Å²) in [5.41, 5.74) is 1.51. The number of benzene rings is 1. The van der Waals surface area contributed by atoms with Crippen molar-refractivity contribution in [1.29, 1.82) is 0 Å². The van der Waals surface area contributed by atoms with Gasteiger partial charge in [-0.15, -0.1) is 0 Å². The van der Waals surface area contributed by atoms with Gasteiger partial charge in [-0.05, 0) is 25.7 Å². The number of rotatable bonds is 20. The van der Waals surface area contributed by atoms with Crippen molar-refractivity contribution in [3.05, 3.63) is 35.9 Å². The number of quaternary nitrogens is 1. The summed E-state index contributed by atoms with van der Waals surface area (Å²) >= 11 is 0. The van der Waals surface area contributed by atoms with Gasteiger partial charge in [0.25, 0.3) is 0 Å². The summed E-state index contributed by atoms with van der Waals surface area (Å²) in [4.78, 5) is 0. The fourth-order valence-electron chi connectivity index (χ4n) is 4.55. The normalized spacial score (nSPS) is 11.8. The Morgan fingerprint density at radius 3 is 1.31 bits per heavy atom. The second-order valence-corrected chi connectivity index (χ2v) is 9.66. The van der Waals surface area contributed by atoms with Gasteiger partial charge in [0, 0.05) is 5.56 Å². The zero-order chi connectivity index (χ0) is 21.0. The topological polar surface area (TPSA) is 0 Å². The Labute approximate surface area is 183 Å². The van der Waals surface area contributed by atoms with E-state index in [4.69, 9.17) is 0 Å². The molecule has 0 unspecified atom stereocenters. The van der Waals surface area contributed by atoms with Gasteiger partial charge in [-0.2, -0.15) is 0 Å². The average molecular weight is 403 g/mol. The highest BCUT2D eigenvalue weighted by molar-refractivity contribution is 5.13. The Bertz CT molecular complexity index is 433. The second kappa shape index (κ2) is 18.0. The molecule has 0 saturated carbocycles. The van der Waals surface area contributed by atoms with Crippen LogP contribution in [0.1, 0.15) is 122 Å². The van der Waals surface area contributed by atoms with Gasteiger partial charge in [0.2, 0.25) is 0 Å². The molecule has 1 aromatic carbocycles. The quantitative estimate of drug-likeness (QED) is 0.151. The maximum absolute atomic E-state index is 2.51. The van der Waals surface area contributed by atoms with E-state index in [-0.39, 0.29) is 0 Å². The molecule has 0 radical (unpaired) electrons. The summed E-state index contributed by atoms with van der Waals surface area (Å²) < 4.78 is 1.23. The molecule has 0 saturated heterocycles. The van der Waals surface area contributed by atoms with Gasteiger partial charge in [-0.25, -0.2) is 0 Å². The molecule has 0 amide bonds. The van der Waals surface area contributed by atoms with Crippen LogP contribution in [0.15, 0.2) is 30.3 Å². The van der Waals surface area contributed by atoms with Gasteiger partial charge in [0.05, 0.1) is 20.1 Å². The van der Waals surface area contributed by atoms with Crippen molar-refractivity contribution < 1.29 is 4.48 Å². The monoisotopic (exact) mass is 402 g/mol. The van der Waals surface area contributed by atoms with E-state index >= 15 is 0 Å². The molecule has 0 fully saturated rings. The molecule has 168 valence electrons. The molecule has 0 atom stereocenters. The molecule has 0 heterocycles. The molecular weight excluding hydrogens is 350 g/mol. The zero-order valence-electron chi connectivity index (χ0n) is 20.3. The van der Waals surface area contributed by atoms with Crippen molar-refractivity contribution in [2.45, 2.75) is 123 Å². The molecule has 1 aromatic rings. The first-order valence-electron chi connectivity index (χ1n) is 13.1. The van der Waals surface area contributed by atoms with Gasteiger partial charge in [0.15, 0.2) is 0 Å². The first kappa shape index (κ1) is 26.2. The van der Waals surface area contributed by atoms with Gasteiger partial charge in [0.1, 0.15) is 6.54 Å². The van der Waals surface area contributed by atoms with Crippen LogP contribution >= 0.6 is 0 Å². The predicted molar refractivity (Wildman–Crippen MR) is 131 cm³/mol. The highest BCUT2D eigenvalue weighted by atomic mass is 15.3. The molecule has 1 nitrogen and oxygen atoms in total. The van der Waals surface area contributed by atoms with Crippen LogP contribution in [0.25, 0.3) is 0 Å². The van der Waals surface area contributed by atoms with E-state index in [0.29, 0.717) is 0 Å². The Kier molecular flexibility index (Phi) is 16.3. The third kappa shape index (κ3) is 14.8. The van der Waals surface area contributed by atoms with E-state index < -0.39 is 0 Å². The largest absolute Gasteiger partial charge is 0.322 e. The molecule has 0 aromatic heterocycles. The molecular formula is C28H52N+. The lowest BCUT2D eigenvalue weighted by molar-refractivity contribution is -0.923. The van der Waals surface area contributed by atoms with Crippen LogP contribution in [0.4, 0.5) is 0 Å². The highest BCUT2D eigenvalue weighted by Gasteiger charge is 2.21. The van der Waals surface area contributed by atoms with Crippen LogP contribution in [0.3, 0.4) is 0 Å². The van der Waals surface area contributed by atoms with Crippen molar-refractivity contribution in [2.75, 3.05) is 20.1 Å². The van der Waals surface area contributed by atoms with Crippen LogP contribution < -0.4 is 0 Å². The molecule has 29 heavy (non-hydrogen) atoms. The number of nitrogens with zero attached hydrogens (tertiary/aromatic N) is 1. The fourth-order valence-corrected chi connectivity index (χ4v) is 4.55. The zero-order valence-corrected chi connectivity index (χ0v) is 20.3. The van der Waals surface area contributed by atoms with Crippen LogP contribution in [-0.2, 0) is 6.54 Å². The summed E-state index contributed by atoms with van der Waals surface area (Å²) in [6.45, 7) is 8.50. The minimum Gasteiger partial charge on any atom is -0.322 e. The summed E-state index contributed by atoms with van der Waals surface area (Å²) in [5.74, 6) is 0. The maximum atomic E-state index is 2.51. The second-order valence-electron chi connectivity index (χ2n) is 9.66. The smallest absolute Gasteiger partial charge is 0.104 e. The summed E-state index contributed by atoms with van der Waals surface area (Å²) in [7, 11) is 2.51. The average Bonchev–Trinajstić information content (AvgIpc) is 2.73. The Hall–Kier alpha value is -0.820. The van der Waals surface area contributed by atoms with Crippen LogP contribution in [-0.4, -0.2) is 24.6 Å². The van der Waals surface area contributed by atoms with Crippen molar-refractivity contribution in [3.8, 4) is 0 Å². The van der Waals surface area contributed by atoms with Gasteiger partial charge in [-0.3, -0.25) is 0 Å². The van der Waals surface area contributed by atoms with E-state index in [9.17, 15) is 0 Å². The van der Waals surface area contributed by atoms with E-state index in [1.54, 1.807) is 0 Å². The Morgan fingerprint density at radius 1 is 0.517 bits per heavy atom. The standard InChI is InChI=1S/C28H52N/c1-4-6-8-10-12-14-16-21-25-29(3,27-28-23-19-18-20-24-28)26-22-17-15-13-11-9-7-5-2/h18-20,23-24H,4-17,21-22,25-27H2,1-3H3/q+1. The molecule has 0 aliphatic rings. The molecule has 0 aliphatic carbocycles. The fraction of sp³-hybridized carbons (Fsp3) is 0.786. The molecule has 0 aliphatic heterocycles. The molecule has 0 bridgehead atoms. The summed E-state index contributed by atoms with van der Waals surface area (Å²) in [6, 6.07) is 11.2. The molecule has 0 N–H and O–H groups in total. The summed E-state index contributed by atoms with van der Waals surface area (Å²) in [5, 5.41) is 0. The lowest BCUT2D eigenvalue weighted by Gasteiger charge is -2.35. The SMILES string of the molecule is CCCCCCCCCC[N+](C)(CCCCCCCCCC)Cc1ccccc1. The Balaban J connectivity index is 2.30. The number of hydrogen-bond acceptors (Lipinski definition) is 0. The minimum absolute atomic E-state index is 1.20. The highest BCUT2D eigenvalue weighted by Crippen LogP contribution is 2.18. The minimum atomic E-state index is 1.20. The third-order valence-corrected chi connectivity index (χ3v) is 6.51. The van der Waals surface area contributed by atoms with Crippen LogP contribution in [0.5, 0.6) is 0 Å².